The first-order valence-electron chi connectivity index (χ1n) is 7.31. The van der Waals surface area contributed by atoms with Crippen LogP contribution in [-0.4, -0.2) is 39.4 Å². The molecule has 0 unspecified atom stereocenters. The molecule has 0 amide bonds. The van der Waals surface area contributed by atoms with Gasteiger partial charge < -0.3 is 5.32 Å². The van der Waals surface area contributed by atoms with Crippen molar-refractivity contribution in [3.05, 3.63) is 29.8 Å². The fourth-order valence-electron chi connectivity index (χ4n) is 2.69. The molecule has 112 valence electrons. The van der Waals surface area contributed by atoms with Gasteiger partial charge in [-0.2, -0.15) is 4.31 Å². The lowest BCUT2D eigenvalue weighted by molar-refractivity contribution is 0.270. The number of hydrogen-bond donors (Lipinski definition) is 1. The quantitative estimate of drug-likeness (QED) is 0.902. The summed E-state index contributed by atoms with van der Waals surface area (Å²) in [5.74, 6) is 0.592. The van der Waals surface area contributed by atoms with Crippen LogP contribution >= 0.6 is 0 Å². The maximum Gasteiger partial charge on any atom is 0.243 e. The van der Waals surface area contributed by atoms with E-state index < -0.39 is 10.0 Å². The second-order valence-corrected chi connectivity index (χ2v) is 7.34. The summed E-state index contributed by atoms with van der Waals surface area (Å²) in [5, 5.41) is 3.17. The SMILES string of the molecule is CCc1ccc(S(=O)(=O)N2CCC(CNC)CC2)cc1. The van der Waals surface area contributed by atoms with Crippen molar-refractivity contribution in [2.75, 3.05) is 26.7 Å². The van der Waals surface area contributed by atoms with Gasteiger partial charge in [0.15, 0.2) is 0 Å². The van der Waals surface area contributed by atoms with Crippen LogP contribution in [0.15, 0.2) is 29.2 Å². The standard InChI is InChI=1S/C15H24N2O2S/c1-3-13-4-6-15(7-5-13)20(18,19)17-10-8-14(9-11-17)12-16-2/h4-7,14,16H,3,8-12H2,1-2H3. The Bertz CT molecular complexity index is 517. The molecule has 0 radical (unpaired) electrons. The molecule has 1 saturated heterocycles. The molecule has 4 nitrogen and oxygen atoms in total. The Morgan fingerprint density at radius 1 is 1.20 bits per heavy atom. The van der Waals surface area contributed by atoms with E-state index in [2.05, 4.69) is 12.2 Å². The number of nitrogens with one attached hydrogen (secondary N) is 1. The maximum atomic E-state index is 12.6. The van der Waals surface area contributed by atoms with Crippen molar-refractivity contribution in [2.45, 2.75) is 31.1 Å². The summed E-state index contributed by atoms with van der Waals surface area (Å²) in [5.41, 5.74) is 1.16. The van der Waals surface area contributed by atoms with Gasteiger partial charge in [-0.15, -0.1) is 0 Å². The number of benzene rings is 1. The van der Waals surface area contributed by atoms with Crippen LogP contribution < -0.4 is 5.32 Å². The molecule has 1 heterocycles. The van der Waals surface area contributed by atoms with Crippen molar-refractivity contribution < 1.29 is 8.42 Å². The molecule has 0 spiro atoms. The minimum absolute atomic E-state index is 0.418. The van der Waals surface area contributed by atoms with E-state index in [1.54, 1.807) is 16.4 Å². The highest BCUT2D eigenvalue weighted by atomic mass is 32.2. The molecule has 2 rings (SSSR count). The first kappa shape index (κ1) is 15.5. The Kier molecular flexibility index (Phi) is 5.18. The van der Waals surface area contributed by atoms with Crippen LogP contribution in [0.25, 0.3) is 0 Å². The average molecular weight is 296 g/mol. The van der Waals surface area contributed by atoms with Crippen LogP contribution in [0.5, 0.6) is 0 Å². The highest BCUT2D eigenvalue weighted by Gasteiger charge is 2.28. The van der Waals surface area contributed by atoms with Gasteiger partial charge in [0.1, 0.15) is 0 Å². The van der Waals surface area contributed by atoms with E-state index in [4.69, 9.17) is 0 Å². The molecule has 1 N–H and O–H groups in total. The number of piperidine rings is 1. The van der Waals surface area contributed by atoms with Crippen molar-refractivity contribution in [3.8, 4) is 0 Å². The number of sulfonamides is 1. The van der Waals surface area contributed by atoms with Gasteiger partial charge in [-0.05, 0) is 56.5 Å². The summed E-state index contributed by atoms with van der Waals surface area (Å²) in [6.07, 6.45) is 2.80. The van der Waals surface area contributed by atoms with Gasteiger partial charge in [0, 0.05) is 13.1 Å². The summed E-state index contributed by atoms with van der Waals surface area (Å²) in [6.45, 7) is 4.30. The molecular formula is C15H24N2O2S. The van der Waals surface area contributed by atoms with Gasteiger partial charge in [0.2, 0.25) is 10.0 Å². The molecule has 5 heteroatoms. The Balaban J connectivity index is 2.07. The zero-order chi connectivity index (χ0) is 14.6. The van der Waals surface area contributed by atoms with Crippen LogP contribution in [0.3, 0.4) is 0 Å². The van der Waals surface area contributed by atoms with Crippen molar-refractivity contribution in [1.29, 1.82) is 0 Å². The van der Waals surface area contributed by atoms with E-state index in [0.717, 1.165) is 31.4 Å². The molecule has 1 aliphatic heterocycles. The van der Waals surface area contributed by atoms with E-state index >= 15 is 0 Å². The second kappa shape index (κ2) is 6.70. The predicted octanol–water partition coefficient (Wildman–Crippen LogP) is 1.87. The summed E-state index contributed by atoms with van der Waals surface area (Å²) in [6, 6.07) is 7.27. The second-order valence-electron chi connectivity index (χ2n) is 5.40. The molecule has 1 aromatic carbocycles. The Hall–Kier alpha value is -0.910. The summed E-state index contributed by atoms with van der Waals surface area (Å²) in [7, 11) is -1.37. The fourth-order valence-corrected chi connectivity index (χ4v) is 4.16. The molecule has 0 bridgehead atoms. The van der Waals surface area contributed by atoms with E-state index in [0.29, 0.717) is 23.9 Å². The third-order valence-corrected chi connectivity index (χ3v) is 5.95. The molecule has 0 aliphatic carbocycles. The molecule has 1 aliphatic rings. The predicted molar refractivity (Wildman–Crippen MR) is 81.2 cm³/mol. The molecule has 0 saturated carbocycles. The van der Waals surface area contributed by atoms with E-state index in [9.17, 15) is 8.42 Å². The lowest BCUT2D eigenvalue weighted by Gasteiger charge is -2.31. The Morgan fingerprint density at radius 3 is 2.30 bits per heavy atom. The number of nitrogens with zero attached hydrogens (tertiary/aromatic N) is 1. The summed E-state index contributed by atoms with van der Waals surface area (Å²) in [4.78, 5) is 0.418. The van der Waals surface area contributed by atoms with E-state index in [1.165, 1.54) is 0 Å². The van der Waals surface area contributed by atoms with Gasteiger partial charge >= 0.3 is 0 Å². The fraction of sp³-hybridized carbons (Fsp3) is 0.600. The van der Waals surface area contributed by atoms with Gasteiger partial charge in [-0.1, -0.05) is 19.1 Å². The minimum atomic E-state index is -3.31. The van der Waals surface area contributed by atoms with Crippen LogP contribution in [-0.2, 0) is 16.4 Å². The van der Waals surface area contributed by atoms with Crippen molar-refractivity contribution >= 4 is 10.0 Å². The summed E-state index contributed by atoms with van der Waals surface area (Å²) >= 11 is 0. The zero-order valence-corrected chi connectivity index (χ0v) is 13.1. The Labute approximate surface area is 122 Å². The molecule has 1 aromatic rings. The number of hydrogen-bond acceptors (Lipinski definition) is 3. The lowest BCUT2D eigenvalue weighted by Crippen LogP contribution is -2.40. The number of rotatable bonds is 5. The molecule has 0 atom stereocenters. The smallest absolute Gasteiger partial charge is 0.243 e. The van der Waals surface area contributed by atoms with Gasteiger partial charge in [-0.25, -0.2) is 8.42 Å². The molecule has 20 heavy (non-hydrogen) atoms. The normalized spacial score (nSPS) is 18.3. The number of aryl methyl sites for hydroxylation is 1. The van der Waals surface area contributed by atoms with Gasteiger partial charge in [0.25, 0.3) is 0 Å². The van der Waals surface area contributed by atoms with E-state index in [1.807, 2.05) is 19.2 Å². The minimum Gasteiger partial charge on any atom is -0.319 e. The highest BCUT2D eigenvalue weighted by Crippen LogP contribution is 2.23. The first-order valence-corrected chi connectivity index (χ1v) is 8.75. The summed E-state index contributed by atoms with van der Waals surface area (Å²) < 4.78 is 26.7. The van der Waals surface area contributed by atoms with Crippen molar-refractivity contribution in [1.82, 2.24) is 9.62 Å². The van der Waals surface area contributed by atoms with Gasteiger partial charge in [-0.3, -0.25) is 0 Å². The first-order chi connectivity index (χ1) is 9.57. The van der Waals surface area contributed by atoms with Crippen LogP contribution in [0.2, 0.25) is 0 Å². The largest absolute Gasteiger partial charge is 0.319 e. The van der Waals surface area contributed by atoms with Crippen molar-refractivity contribution in [3.63, 3.8) is 0 Å². The topological polar surface area (TPSA) is 49.4 Å². The third kappa shape index (κ3) is 3.40. The molecule has 1 fully saturated rings. The van der Waals surface area contributed by atoms with Crippen LogP contribution in [0.1, 0.15) is 25.3 Å². The van der Waals surface area contributed by atoms with Gasteiger partial charge in [0.05, 0.1) is 4.90 Å². The third-order valence-electron chi connectivity index (χ3n) is 4.04. The molecular weight excluding hydrogens is 272 g/mol. The average Bonchev–Trinajstić information content (AvgIpc) is 2.48. The van der Waals surface area contributed by atoms with E-state index in [-0.39, 0.29) is 0 Å². The maximum absolute atomic E-state index is 12.6. The van der Waals surface area contributed by atoms with Crippen LogP contribution in [0.4, 0.5) is 0 Å². The lowest BCUT2D eigenvalue weighted by atomic mass is 9.98. The Morgan fingerprint density at radius 2 is 1.80 bits per heavy atom. The zero-order valence-electron chi connectivity index (χ0n) is 12.3. The van der Waals surface area contributed by atoms with Crippen molar-refractivity contribution in [2.24, 2.45) is 5.92 Å². The monoisotopic (exact) mass is 296 g/mol. The molecule has 0 aromatic heterocycles. The highest BCUT2D eigenvalue weighted by molar-refractivity contribution is 7.89. The van der Waals surface area contributed by atoms with Crippen LogP contribution in [0, 0.1) is 5.92 Å².